The molecule has 0 radical (unpaired) electrons. The van der Waals surface area contributed by atoms with Gasteiger partial charge in [-0.25, -0.2) is 8.42 Å². The Morgan fingerprint density at radius 2 is 1.21 bits per heavy atom. The van der Waals surface area contributed by atoms with Crippen LogP contribution in [0, 0.1) is 26.0 Å². The van der Waals surface area contributed by atoms with Gasteiger partial charge in [-0.15, -0.1) is 11.1 Å². The Labute approximate surface area is 138 Å². The molecule has 5 heteroatoms. The average molecular weight is 258 g/mol. The number of sulfone groups is 1. The molecule has 19 heavy (non-hydrogen) atoms. The van der Waals surface area contributed by atoms with Gasteiger partial charge in [0.2, 0.25) is 0 Å². The van der Waals surface area contributed by atoms with Crippen LogP contribution in [0.3, 0.4) is 0 Å². The van der Waals surface area contributed by atoms with Crippen LogP contribution in [0.5, 0.6) is 0 Å². The SMILES string of the molecule is Cc1[c-]cccc1S(=O)(=O)c1ccc[c-]c1C.[Li+].[Li+]. The summed E-state index contributed by atoms with van der Waals surface area (Å²) >= 11 is 0. The third kappa shape index (κ3) is 3.79. The second-order valence-electron chi connectivity index (χ2n) is 3.82. The fourth-order valence-electron chi connectivity index (χ4n) is 1.71. The molecule has 0 heterocycles. The Morgan fingerprint density at radius 1 is 0.842 bits per heavy atom. The number of hydrogen-bond acceptors (Lipinski definition) is 2. The van der Waals surface area contributed by atoms with Crippen LogP contribution in [0.15, 0.2) is 46.2 Å². The van der Waals surface area contributed by atoms with Crippen LogP contribution >= 0.6 is 0 Å². The summed E-state index contributed by atoms with van der Waals surface area (Å²) < 4.78 is 24.9. The van der Waals surface area contributed by atoms with Crippen LogP contribution < -0.4 is 37.7 Å². The Kier molecular flexibility index (Phi) is 7.23. The zero-order valence-electron chi connectivity index (χ0n) is 11.7. The van der Waals surface area contributed by atoms with Crippen molar-refractivity contribution in [3.63, 3.8) is 0 Å². The van der Waals surface area contributed by atoms with E-state index >= 15 is 0 Å². The third-order valence-electron chi connectivity index (χ3n) is 2.61. The van der Waals surface area contributed by atoms with Crippen LogP contribution in [0.2, 0.25) is 0 Å². The maximum absolute atomic E-state index is 12.4. The first-order valence-electron chi connectivity index (χ1n) is 5.23. The maximum atomic E-state index is 12.4. The van der Waals surface area contributed by atoms with Gasteiger partial charge in [0.25, 0.3) is 0 Å². The molecule has 0 bridgehead atoms. The van der Waals surface area contributed by atoms with Crippen LogP contribution in [-0.2, 0) is 9.84 Å². The molecule has 0 atom stereocenters. The second kappa shape index (κ2) is 7.39. The van der Waals surface area contributed by atoms with Crippen molar-refractivity contribution in [3.05, 3.63) is 59.7 Å². The Balaban J connectivity index is 0.00000162. The summed E-state index contributed by atoms with van der Waals surface area (Å²) in [6.07, 6.45) is 0. The van der Waals surface area contributed by atoms with E-state index in [-0.39, 0.29) is 37.7 Å². The van der Waals surface area contributed by atoms with Crippen molar-refractivity contribution < 1.29 is 46.1 Å². The van der Waals surface area contributed by atoms with E-state index in [0.717, 1.165) is 0 Å². The average Bonchev–Trinajstić information content (AvgIpc) is 2.29. The molecule has 2 aromatic rings. The third-order valence-corrected chi connectivity index (χ3v) is 4.65. The van der Waals surface area contributed by atoms with Crippen molar-refractivity contribution in [2.75, 3.05) is 0 Å². The van der Waals surface area contributed by atoms with Gasteiger partial charge in [0.05, 0.1) is 0 Å². The largest absolute Gasteiger partial charge is 1.00 e. The standard InChI is InChI=1S/C14H12O2S.2Li/c1-11-7-3-5-9-13(11)17(15,16)14-10-6-4-8-12(14)2;;/h3-6,9-10H,1-2H3;;/q-2;2*+1. The molecule has 88 valence electrons. The van der Waals surface area contributed by atoms with E-state index in [1.807, 2.05) is 0 Å². The van der Waals surface area contributed by atoms with Gasteiger partial charge in [-0.3, -0.25) is 0 Å². The van der Waals surface area contributed by atoms with Gasteiger partial charge in [-0.2, -0.15) is 48.5 Å². The molecule has 0 N–H and O–H groups in total. The molecule has 0 spiro atoms. The second-order valence-corrected chi connectivity index (χ2v) is 5.71. The molecule has 0 unspecified atom stereocenters. The van der Waals surface area contributed by atoms with E-state index in [4.69, 9.17) is 0 Å². The molecule has 0 aliphatic carbocycles. The van der Waals surface area contributed by atoms with E-state index in [0.29, 0.717) is 20.9 Å². The molecule has 0 fully saturated rings. The first-order valence-corrected chi connectivity index (χ1v) is 6.71. The summed E-state index contributed by atoms with van der Waals surface area (Å²) in [7, 11) is -3.46. The molecule has 2 aromatic carbocycles. The molecule has 0 amide bonds. The summed E-state index contributed by atoms with van der Waals surface area (Å²) in [6, 6.07) is 15.8. The number of aryl methyl sites for hydroxylation is 2. The molecule has 2 rings (SSSR count). The molecule has 2 nitrogen and oxygen atoms in total. The first-order chi connectivity index (χ1) is 8.03. The van der Waals surface area contributed by atoms with Gasteiger partial charge >= 0.3 is 37.7 Å². The van der Waals surface area contributed by atoms with Crippen molar-refractivity contribution in [1.29, 1.82) is 0 Å². The van der Waals surface area contributed by atoms with Gasteiger partial charge in [0, 0.05) is 0 Å². The Hall–Kier alpha value is -0.415. The molecule has 0 aliphatic rings. The van der Waals surface area contributed by atoms with Gasteiger partial charge in [0.15, 0.2) is 0 Å². The zero-order chi connectivity index (χ0) is 12.5. The van der Waals surface area contributed by atoms with E-state index in [9.17, 15) is 8.42 Å². The fraction of sp³-hybridized carbons (Fsp3) is 0.143. The maximum Gasteiger partial charge on any atom is 1.00 e. The summed E-state index contributed by atoms with van der Waals surface area (Å²) in [5.74, 6) is 0. The monoisotopic (exact) mass is 258 g/mol. The number of benzene rings is 2. The van der Waals surface area contributed by atoms with Crippen molar-refractivity contribution in [3.8, 4) is 0 Å². The van der Waals surface area contributed by atoms with E-state index in [2.05, 4.69) is 12.1 Å². The molecule has 0 saturated heterocycles. The van der Waals surface area contributed by atoms with Crippen molar-refractivity contribution in [2.24, 2.45) is 0 Å². The van der Waals surface area contributed by atoms with E-state index in [1.54, 1.807) is 50.2 Å². The van der Waals surface area contributed by atoms with E-state index in [1.165, 1.54) is 0 Å². The Bertz CT molecular complexity index is 601. The van der Waals surface area contributed by atoms with Crippen molar-refractivity contribution in [1.82, 2.24) is 0 Å². The molecular weight excluding hydrogens is 246 g/mol. The summed E-state index contributed by atoms with van der Waals surface area (Å²) in [4.78, 5) is 0.616. The molecule has 0 saturated carbocycles. The predicted molar refractivity (Wildman–Crippen MR) is 65.5 cm³/mol. The van der Waals surface area contributed by atoms with Crippen molar-refractivity contribution >= 4 is 9.84 Å². The van der Waals surface area contributed by atoms with Gasteiger partial charge < -0.3 is 0 Å². The van der Waals surface area contributed by atoms with Crippen LogP contribution in [0.4, 0.5) is 0 Å². The van der Waals surface area contributed by atoms with Crippen LogP contribution in [0.25, 0.3) is 0 Å². The van der Waals surface area contributed by atoms with E-state index < -0.39 is 9.84 Å². The minimum absolute atomic E-state index is 0. The number of hydrogen-bond donors (Lipinski definition) is 0. The minimum atomic E-state index is -3.46. The predicted octanol–water partition coefficient (Wildman–Crippen LogP) is -3.26. The van der Waals surface area contributed by atoms with Gasteiger partial charge in [-0.05, 0) is 9.79 Å². The molecular formula is C14H12Li2O2S. The molecule has 0 aliphatic heterocycles. The van der Waals surface area contributed by atoms with Crippen LogP contribution in [0.1, 0.15) is 11.1 Å². The zero-order valence-corrected chi connectivity index (χ0v) is 12.5. The smallest absolute Gasteiger partial charge is 0.244 e. The summed E-state index contributed by atoms with van der Waals surface area (Å²) in [5.41, 5.74) is 1.27. The number of rotatable bonds is 2. The van der Waals surface area contributed by atoms with Crippen molar-refractivity contribution in [2.45, 2.75) is 23.6 Å². The molecule has 0 aromatic heterocycles. The normalized spacial score (nSPS) is 10.2. The first kappa shape index (κ1) is 18.6. The minimum Gasteiger partial charge on any atom is -0.244 e. The summed E-state index contributed by atoms with van der Waals surface area (Å²) in [6.45, 7) is 3.49. The quantitative estimate of drug-likeness (QED) is 0.419. The van der Waals surface area contributed by atoms with Gasteiger partial charge in [-0.1, -0.05) is 13.8 Å². The topological polar surface area (TPSA) is 34.1 Å². The van der Waals surface area contributed by atoms with Crippen LogP contribution in [-0.4, -0.2) is 8.42 Å². The Morgan fingerprint density at radius 3 is 1.53 bits per heavy atom. The van der Waals surface area contributed by atoms with Gasteiger partial charge in [0.1, 0.15) is 9.84 Å². The summed E-state index contributed by atoms with van der Waals surface area (Å²) in [5, 5.41) is 0. The fourth-order valence-corrected chi connectivity index (χ4v) is 3.39.